The third-order valence-corrected chi connectivity index (χ3v) is 6.11. The minimum Gasteiger partial charge on any atom is -0.314 e. The van der Waals surface area contributed by atoms with Gasteiger partial charge in [-0.05, 0) is 44.6 Å². The molecule has 0 atom stereocenters. The van der Waals surface area contributed by atoms with Crippen LogP contribution >= 0.6 is 0 Å². The van der Waals surface area contributed by atoms with Crippen molar-refractivity contribution in [2.75, 3.05) is 26.2 Å². The molecule has 2 fully saturated rings. The molecule has 1 saturated carbocycles. The Hall–Kier alpha value is -0.170. The smallest absolute Gasteiger partial charge is 0.279 e. The molecule has 0 bridgehead atoms. The molecule has 0 unspecified atom stereocenters. The van der Waals surface area contributed by atoms with E-state index in [1.807, 2.05) is 0 Å². The maximum Gasteiger partial charge on any atom is 0.279 e. The van der Waals surface area contributed by atoms with Crippen LogP contribution in [0.5, 0.6) is 0 Å². The van der Waals surface area contributed by atoms with Gasteiger partial charge in [0.1, 0.15) is 0 Å². The molecule has 2 aliphatic rings. The molecule has 0 spiro atoms. The minimum atomic E-state index is -3.25. The fraction of sp³-hybridized carbons (Fsp3) is 1.00. The Bertz CT molecular complexity index is 388. The summed E-state index contributed by atoms with van der Waals surface area (Å²) in [5, 5.41) is 3.55. The van der Waals surface area contributed by atoms with Gasteiger partial charge >= 0.3 is 0 Å². The largest absolute Gasteiger partial charge is 0.314 e. The zero-order chi connectivity index (χ0) is 15.1. The van der Waals surface area contributed by atoms with Crippen LogP contribution in [0.4, 0.5) is 0 Å². The van der Waals surface area contributed by atoms with Crippen molar-refractivity contribution < 1.29 is 8.42 Å². The summed E-state index contributed by atoms with van der Waals surface area (Å²) in [5.41, 5.74) is 0. The quantitative estimate of drug-likeness (QED) is 0.605. The van der Waals surface area contributed by atoms with E-state index in [2.05, 4.69) is 17.0 Å². The number of nitrogens with one attached hydrogen (secondary N) is 2. The van der Waals surface area contributed by atoms with Gasteiger partial charge in [0.25, 0.3) is 10.2 Å². The lowest BCUT2D eigenvalue weighted by Gasteiger charge is -2.31. The summed E-state index contributed by atoms with van der Waals surface area (Å²) >= 11 is 0. The standard InChI is InChI=1S/C15H31N3O2S/c1-2-3-4-5-10-17-21(19,20)18-11-8-14(9-12-18)13-16-15-6-7-15/h14-17H,2-13H2,1H3. The average molecular weight is 317 g/mol. The van der Waals surface area contributed by atoms with E-state index in [0.717, 1.165) is 38.3 Å². The first kappa shape index (κ1) is 17.2. The van der Waals surface area contributed by atoms with Crippen molar-refractivity contribution in [2.24, 2.45) is 5.92 Å². The second kappa shape index (κ2) is 8.46. The molecule has 124 valence electrons. The summed E-state index contributed by atoms with van der Waals surface area (Å²) in [4.78, 5) is 0. The molecule has 0 aromatic carbocycles. The molecule has 21 heavy (non-hydrogen) atoms. The van der Waals surface area contributed by atoms with Gasteiger partial charge in [-0.1, -0.05) is 26.2 Å². The van der Waals surface area contributed by atoms with Gasteiger partial charge in [0.15, 0.2) is 0 Å². The van der Waals surface area contributed by atoms with Crippen LogP contribution in [-0.2, 0) is 10.2 Å². The predicted molar refractivity (Wildman–Crippen MR) is 86.4 cm³/mol. The molecule has 0 aromatic rings. The van der Waals surface area contributed by atoms with E-state index in [-0.39, 0.29) is 0 Å². The summed E-state index contributed by atoms with van der Waals surface area (Å²) < 4.78 is 28.8. The first-order valence-corrected chi connectivity index (χ1v) is 10.0. The van der Waals surface area contributed by atoms with E-state index in [1.54, 1.807) is 4.31 Å². The molecular weight excluding hydrogens is 286 g/mol. The van der Waals surface area contributed by atoms with Crippen molar-refractivity contribution in [1.82, 2.24) is 14.3 Å². The molecule has 0 aromatic heterocycles. The molecule has 1 heterocycles. The van der Waals surface area contributed by atoms with E-state index in [4.69, 9.17) is 0 Å². The Morgan fingerprint density at radius 1 is 1.05 bits per heavy atom. The predicted octanol–water partition coefficient (Wildman–Crippen LogP) is 1.87. The Labute approximate surface area is 130 Å². The van der Waals surface area contributed by atoms with Gasteiger partial charge in [-0.2, -0.15) is 12.7 Å². The molecule has 2 rings (SSSR count). The summed E-state index contributed by atoms with van der Waals surface area (Å²) in [6.45, 7) is 5.13. The zero-order valence-corrected chi connectivity index (χ0v) is 14.1. The lowest BCUT2D eigenvalue weighted by Crippen LogP contribution is -2.46. The van der Waals surface area contributed by atoms with Crippen LogP contribution in [-0.4, -0.2) is 44.9 Å². The summed E-state index contributed by atoms with van der Waals surface area (Å²) in [6.07, 6.45) is 9.00. The number of hydrogen-bond acceptors (Lipinski definition) is 3. The SMILES string of the molecule is CCCCCCNS(=O)(=O)N1CCC(CNC2CC2)CC1. The summed E-state index contributed by atoms with van der Waals surface area (Å²) in [7, 11) is -3.25. The van der Waals surface area contributed by atoms with E-state index < -0.39 is 10.2 Å². The highest BCUT2D eigenvalue weighted by Crippen LogP contribution is 2.22. The lowest BCUT2D eigenvalue weighted by atomic mass is 9.98. The van der Waals surface area contributed by atoms with E-state index in [0.29, 0.717) is 25.6 Å². The Balaban J connectivity index is 1.62. The molecule has 0 radical (unpaired) electrons. The fourth-order valence-corrected chi connectivity index (χ4v) is 4.10. The van der Waals surface area contributed by atoms with Gasteiger partial charge in [0.2, 0.25) is 0 Å². The highest BCUT2D eigenvalue weighted by molar-refractivity contribution is 7.87. The van der Waals surface area contributed by atoms with Crippen LogP contribution in [0.25, 0.3) is 0 Å². The van der Waals surface area contributed by atoms with E-state index in [1.165, 1.54) is 25.7 Å². The first-order valence-electron chi connectivity index (χ1n) is 8.60. The third kappa shape index (κ3) is 6.22. The number of hydrogen-bond donors (Lipinski definition) is 2. The second-order valence-corrected chi connectivity index (χ2v) is 8.24. The van der Waals surface area contributed by atoms with Crippen molar-refractivity contribution in [3.63, 3.8) is 0 Å². The van der Waals surface area contributed by atoms with E-state index in [9.17, 15) is 8.42 Å². The van der Waals surface area contributed by atoms with Crippen molar-refractivity contribution in [3.8, 4) is 0 Å². The molecule has 0 amide bonds. The van der Waals surface area contributed by atoms with Gasteiger partial charge in [-0.15, -0.1) is 0 Å². The molecule has 2 N–H and O–H groups in total. The highest BCUT2D eigenvalue weighted by atomic mass is 32.2. The molecule has 1 aliphatic carbocycles. The third-order valence-electron chi connectivity index (χ3n) is 4.50. The van der Waals surface area contributed by atoms with Gasteiger partial charge in [-0.3, -0.25) is 0 Å². The Kier molecular flexibility index (Phi) is 6.92. The summed E-state index contributed by atoms with van der Waals surface area (Å²) in [6, 6.07) is 0.747. The number of piperidine rings is 1. The topological polar surface area (TPSA) is 61.4 Å². The van der Waals surface area contributed by atoms with Gasteiger partial charge < -0.3 is 5.32 Å². The van der Waals surface area contributed by atoms with Crippen molar-refractivity contribution in [1.29, 1.82) is 0 Å². The van der Waals surface area contributed by atoms with Crippen LogP contribution in [0.15, 0.2) is 0 Å². The van der Waals surface area contributed by atoms with Crippen LogP contribution < -0.4 is 10.0 Å². The summed E-state index contributed by atoms with van der Waals surface area (Å²) in [5.74, 6) is 0.640. The van der Waals surface area contributed by atoms with Crippen molar-refractivity contribution >= 4 is 10.2 Å². The molecule has 5 nitrogen and oxygen atoms in total. The Morgan fingerprint density at radius 3 is 2.38 bits per heavy atom. The Morgan fingerprint density at radius 2 is 1.76 bits per heavy atom. The molecule has 6 heteroatoms. The van der Waals surface area contributed by atoms with Crippen LogP contribution in [0, 0.1) is 5.92 Å². The second-order valence-electron chi connectivity index (χ2n) is 6.48. The van der Waals surface area contributed by atoms with Gasteiger partial charge in [0, 0.05) is 25.7 Å². The first-order chi connectivity index (χ1) is 10.1. The minimum absolute atomic E-state index is 0.575. The molecule has 1 saturated heterocycles. The monoisotopic (exact) mass is 317 g/mol. The van der Waals surface area contributed by atoms with Crippen LogP contribution in [0.3, 0.4) is 0 Å². The lowest BCUT2D eigenvalue weighted by molar-refractivity contribution is 0.264. The van der Waals surface area contributed by atoms with Gasteiger partial charge in [-0.25, -0.2) is 4.72 Å². The fourth-order valence-electron chi connectivity index (χ4n) is 2.82. The van der Waals surface area contributed by atoms with E-state index >= 15 is 0 Å². The molecular formula is C15H31N3O2S. The molecule has 1 aliphatic heterocycles. The maximum atomic E-state index is 12.2. The van der Waals surface area contributed by atoms with Gasteiger partial charge in [0.05, 0.1) is 0 Å². The van der Waals surface area contributed by atoms with Crippen molar-refractivity contribution in [2.45, 2.75) is 64.3 Å². The zero-order valence-electron chi connectivity index (χ0n) is 13.3. The number of rotatable bonds is 10. The van der Waals surface area contributed by atoms with Crippen LogP contribution in [0.2, 0.25) is 0 Å². The highest BCUT2D eigenvalue weighted by Gasteiger charge is 2.28. The number of nitrogens with zero attached hydrogens (tertiary/aromatic N) is 1. The van der Waals surface area contributed by atoms with Crippen LogP contribution in [0.1, 0.15) is 58.3 Å². The maximum absolute atomic E-state index is 12.2. The number of unbranched alkanes of at least 4 members (excludes halogenated alkanes) is 3. The van der Waals surface area contributed by atoms with Crippen molar-refractivity contribution in [3.05, 3.63) is 0 Å². The average Bonchev–Trinajstić information content (AvgIpc) is 3.29. The normalized spacial score (nSPS) is 21.8.